The minimum atomic E-state index is 0.597. The van der Waals surface area contributed by atoms with Crippen molar-refractivity contribution in [1.82, 2.24) is 9.97 Å². The number of hydrogen-bond acceptors (Lipinski definition) is 4. The van der Waals surface area contributed by atoms with Crippen molar-refractivity contribution in [3.63, 3.8) is 0 Å². The first kappa shape index (κ1) is 11.9. The highest BCUT2D eigenvalue weighted by Crippen LogP contribution is 2.20. The summed E-state index contributed by atoms with van der Waals surface area (Å²) < 4.78 is 5.05. The summed E-state index contributed by atoms with van der Waals surface area (Å²) in [7, 11) is 1.61. The first-order valence-electron chi connectivity index (χ1n) is 6.16. The summed E-state index contributed by atoms with van der Waals surface area (Å²) in [6.07, 6.45) is 10.2. The van der Waals surface area contributed by atoms with Crippen molar-refractivity contribution in [3.8, 4) is 5.88 Å². The van der Waals surface area contributed by atoms with Gasteiger partial charge in [-0.25, -0.2) is 9.97 Å². The third kappa shape index (κ3) is 3.73. The second-order valence-corrected chi connectivity index (χ2v) is 4.23. The molecule has 0 aliphatic heterocycles. The van der Waals surface area contributed by atoms with E-state index in [1.807, 2.05) is 6.07 Å². The Morgan fingerprint density at radius 3 is 3.06 bits per heavy atom. The minimum absolute atomic E-state index is 0.597. The van der Waals surface area contributed by atoms with Crippen LogP contribution in [0, 0.1) is 0 Å². The van der Waals surface area contributed by atoms with Crippen LogP contribution in [0.15, 0.2) is 24.0 Å². The largest absolute Gasteiger partial charge is 0.481 e. The highest BCUT2D eigenvalue weighted by molar-refractivity contribution is 5.37. The Labute approximate surface area is 102 Å². The van der Waals surface area contributed by atoms with Crippen LogP contribution in [0.1, 0.15) is 32.1 Å². The molecule has 1 heterocycles. The smallest absolute Gasteiger partial charge is 0.218 e. The van der Waals surface area contributed by atoms with E-state index < -0.39 is 0 Å². The van der Waals surface area contributed by atoms with Gasteiger partial charge in [0, 0.05) is 12.6 Å². The highest BCUT2D eigenvalue weighted by Gasteiger charge is 2.03. The van der Waals surface area contributed by atoms with E-state index in [1.54, 1.807) is 12.7 Å². The molecule has 1 aliphatic carbocycles. The standard InChI is InChI=1S/C13H19N3O/c1-17-13-9-12(15-10-16-13)14-8-7-11-5-3-2-4-6-11/h5,9-10H,2-4,6-8H2,1H3,(H,14,15,16). The van der Waals surface area contributed by atoms with Crippen LogP contribution >= 0.6 is 0 Å². The number of rotatable bonds is 5. The van der Waals surface area contributed by atoms with Crippen LogP contribution in [0.25, 0.3) is 0 Å². The summed E-state index contributed by atoms with van der Waals surface area (Å²) in [5.74, 6) is 1.42. The number of aromatic nitrogens is 2. The number of nitrogens with one attached hydrogen (secondary N) is 1. The van der Waals surface area contributed by atoms with Crippen LogP contribution in [0.3, 0.4) is 0 Å². The molecule has 0 atom stereocenters. The van der Waals surface area contributed by atoms with E-state index in [2.05, 4.69) is 21.4 Å². The van der Waals surface area contributed by atoms with Crippen molar-refractivity contribution in [1.29, 1.82) is 0 Å². The van der Waals surface area contributed by atoms with Crippen molar-refractivity contribution in [2.45, 2.75) is 32.1 Å². The number of nitrogens with zero attached hydrogens (tertiary/aromatic N) is 2. The molecule has 0 fully saturated rings. The second-order valence-electron chi connectivity index (χ2n) is 4.23. The summed E-state index contributed by atoms with van der Waals surface area (Å²) in [5, 5.41) is 3.29. The van der Waals surface area contributed by atoms with Gasteiger partial charge in [-0.15, -0.1) is 0 Å². The lowest BCUT2D eigenvalue weighted by Gasteiger charge is -2.13. The number of ether oxygens (including phenoxy) is 1. The lowest BCUT2D eigenvalue weighted by molar-refractivity contribution is 0.397. The minimum Gasteiger partial charge on any atom is -0.481 e. The van der Waals surface area contributed by atoms with E-state index in [0.717, 1.165) is 18.8 Å². The molecule has 2 rings (SSSR count). The predicted octanol–water partition coefficient (Wildman–Crippen LogP) is 2.79. The van der Waals surface area contributed by atoms with Crippen LogP contribution in [0.4, 0.5) is 5.82 Å². The van der Waals surface area contributed by atoms with Crippen molar-refractivity contribution in [2.75, 3.05) is 19.0 Å². The average molecular weight is 233 g/mol. The van der Waals surface area contributed by atoms with Gasteiger partial charge in [0.25, 0.3) is 0 Å². The van der Waals surface area contributed by atoms with E-state index in [1.165, 1.54) is 32.0 Å². The molecule has 4 heteroatoms. The fraction of sp³-hybridized carbons (Fsp3) is 0.538. The monoisotopic (exact) mass is 233 g/mol. The van der Waals surface area contributed by atoms with E-state index in [0.29, 0.717) is 5.88 Å². The summed E-state index contributed by atoms with van der Waals surface area (Å²) in [5.41, 5.74) is 1.57. The van der Waals surface area contributed by atoms with Crippen LogP contribution < -0.4 is 10.1 Å². The molecule has 1 aromatic heterocycles. The Balaban J connectivity index is 1.79. The molecule has 0 spiro atoms. The molecule has 17 heavy (non-hydrogen) atoms. The number of anilines is 1. The van der Waals surface area contributed by atoms with Crippen LogP contribution in [-0.4, -0.2) is 23.6 Å². The molecule has 0 aromatic carbocycles. The Hall–Kier alpha value is -1.58. The second kappa shape index (κ2) is 6.23. The molecular weight excluding hydrogens is 214 g/mol. The zero-order chi connectivity index (χ0) is 11.9. The molecule has 1 aliphatic rings. The molecule has 0 saturated carbocycles. The maximum Gasteiger partial charge on any atom is 0.218 e. The topological polar surface area (TPSA) is 47.0 Å². The van der Waals surface area contributed by atoms with Crippen molar-refractivity contribution in [3.05, 3.63) is 24.0 Å². The zero-order valence-electron chi connectivity index (χ0n) is 10.3. The van der Waals surface area contributed by atoms with Crippen LogP contribution in [-0.2, 0) is 0 Å². The van der Waals surface area contributed by atoms with Gasteiger partial charge in [-0.05, 0) is 32.1 Å². The molecule has 1 aromatic rings. The first-order chi connectivity index (χ1) is 8.38. The highest BCUT2D eigenvalue weighted by atomic mass is 16.5. The maximum atomic E-state index is 5.05. The summed E-state index contributed by atoms with van der Waals surface area (Å²) in [4.78, 5) is 8.12. The SMILES string of the molecule is COc1cc(NCCC2=CCCCC2)ncn1. The molecular formula is C13H19N3O. The predicted molar refractivity (Wildman–Crippen MR) is 68.2 cm³/mol. The molecule has 92 valence electrons. The number of allylic oxidation sites excluding steroid dienone is 1. The van der Waals surface area contributed by atoms with Gasteiger partial charge in [-0.3, -0.25) is 0 Å². The Kier molecular flexibility index (Phi) is 4.36. The van der Waals surface area contributed by atoms with E-state index in [9.17, 15) is 0 Å². The molecule has 0 amide bonds. The number of hydrogen-bond donors (Lipinski definition) is 1. The van der Waals surface area contributed by atoms with E-state index >= 15 is 0 Å². The summed E-state index contributed by atoms with van der Waals surface area (Å²) in [6, 6.07) is 1.81. The zero-order valence-corrected chi connectivity index (χ0v) is 10.3. The van der Waals surface area contributed by atoms with Crippen LogP contribution in [0.5, 0.6) is 5.88 Å². The molecule has 1 N–H and O–H groups in total. The van der Waals surface area contributed by atoms with Gasteiger partial charge in [0.05, 0.1) is 7.11 Å². The molecule has 0 bridgehead atoms. The van der Waals surface area contributed by atoms with Gasteiger partial charge in [-0.1, -0.05) is 11.6 Å². The lowest BCUT2D eigenvalue weighted by atomic mass is 9.97. The van der Waals surface area contributed by atoms with Crippen molar-refractivity contribution in [2.24, 2.45) is 0 Å². The normalized spacial score (nSPS) is 15.2. The fourth-order valence-electron chi connectivity index (χ4n) is 2.03. The fourth-order valence-corrected chi connectivity index (χ4v) is 2.03. The maximum absolute atomic E-state index is 5.05. The van der Waals surface area contributed by atoms with E-state index in [4.69, 9.17) is 4.74 Å². The average Bonchev–Trinajstić information content (AvgIpc) is 2.40. The Morgan fingerprint density at radius 1 is 1.35 bits per heavy atom. The van der Waals surface area contributed by atoms with Gasteiger partial charge in [0.1, 0.15) is 12.1 Å². The Bertz CT molecular complexity index is 390. The summed E-state index contributed by atoms with van der Waals surface area (Å²) in [6.45, 7) is 0.923. The van der Waals surface area contributed by atoms with Gasteiger partial charge < -0.3 is 10.1 Å². The third-order valence-electron chi connectivity index (χ3n) is 2.99. The Morgan fingerprint density at radius 2 is 2.29 bits per heavy atom. The van der Waals surface area contributed by atoms with Crippen molar-refractivity contribution < 1.29 is 4.74 Å². The lowest BCUT2D eigenvalue weighted by Crippen LogP contribution is -2.06. The molecule has 4 nitrogen and oxygen atoms in total. The molecule has 0 radical (unpaired) electrons. The van der Waals surface area contributed by atoms with Crippen molar-refractivity contribution >= 4 is 5.82 Å². The number of methoxy groups -OCH3 is 1. The van der Waals surface area contributed by atoms with Gasteiger partial charge in [0.15, 0.2) is 0 Å². The molecule has 0 saturated heterocycles. The third-order valence-corrected chi connectivity index (χ3v) is 2.99. The van der Waals surface area contributed by atoms with E-state index in [-0.39, 0.29) is 0 Å². The van der Waals surface area contributed by atoms with Crippen LogP contribution in [0.2, 0.25) is 0 Å². The summed E-state index contributed by atoms with van der Waals surface area (Å²) >= 11 is 0. The quantitative estimate of drug-likeness (QED) is 0.794. The first-order valence-corrected chi connectivity index (χ1v) is 6.16. The molecule has 0 unspecified atom stereocenters. The van der Waals surface area contributed by atoms with Gasteiger partial charge >= 0.3 is 0 Å². The van der Waals surface area contributed by atoms with Gasteiger partial charge in [0.2, 0.25) is 5.88 Å². The van der Waals surface area contributed by atoms with Gasteiger partial charge in [-0.2, -0.15) is 0 Å².